The number of fused-ring (bicyclic) bond motifs is 1. The number of benzene rings is 1. The molecule has 0 fully saturated rings. The molecule has 0 saturated heterocycles. The van der Waals surface area contributed by atoms with E-state index in [1.165, 1.54) is 17.8 Å². The van der Waals surface area contributed by atoms with Gasteiger partial charge in [-0.05, 0) is 11.2 Å². The molecule has 1 aromatic carbocycles. The van der Waals surface area contributed by atoms with Crippen LogP contribution in [0.4, 0.5) is 13.2 Å². The Morgan fingerprint density at radius 1 is 1.29 bits per heavy atom. The van der Waals surface area contributed by atoms with Crippen LogP contribution in [0.1, 0.15) is 10.4 Å². The van der Waals surface area contributed by atoms with Crippen molar-refractivity contribution in [3.63, 3.8) is 0 Å². The van der Waals surface area contributed by atoms with E-state index in [-0.39, 0.29) is 10.9 Å². The van der Waals surface area contributed by atoms with Crippen LogP contribution in [0.25, 0.3) is 10.9 Å². The highest BCUT2D eigenvalue weighted by Gasteiger charge is 2.47. The summed E-state index contributed by atoms with van der Waals surface area (Å²) in [4.78, 5) is 11.8. The summed E-state index contributed by atoms with van der Waals surface area (Å²) >= 11 is 0. The van der Waals surface area contributed by atoms with Gasteiger partial charge in [0.1, 0.15) is 11.1 Å². The van der Waals surface area contributed by atoms with Gasteiger partial charge in [0.2, 0.25) is 6.20 Å². The molecule has 1 aromatic heterocycles. The van der Waals surface area contributed by atoms with Gasteiger partial charge in [-0.2, -0.15) is 21.6 Å². The number of rotatable bonds is 2. The predicted octanol–water partition coefficient (Wildman–Crippen LogP) is 0.639. The lowest BCUT2D eigenvalue weighted by Crippen LogP contribution is -2.42. The highest BCUT2D eigenvalue weighted by Crippen LogP contribution is 2.22. The van der Waals surface area contributed by atoms with Crippen molar-refractivity contribution < 1.29 is 31.1 Å². The number of sulfonamides is 1. The second-order valence-corrected chi connectivity index (χ2v) is 5.79. The lowest BCUT2D eigenvalue weighted by atomic mass is 10.1. The van der Waals surface area contributed by atoms with Crippen LogP contribution in [0.15, 0.2) is 30.5 Å². The molecule has 10 heteroatoms. The normalized spacial score (nSPS) is 12.4. The lowest BCUT2D eigenvalue weighted by molar-refractivity contribution is -0.728. The molecule has 0 aliphatic rings. The van der Waals surface area contributed by atoms with E-state index in [1.54, 1.807) is 18.2 Å². The largest absolute Gasteiger partial charge is 0.516 e. The molecule has 2 aromatic rings. The Kier molecular flexibility index (Phi) is 3.58. The summed E-state index contributed by atoms with van der Waals surface area (Å²) in [7, 11) is -4.30. The molecule has 1 N–H and O–H groups in total. The van der Waals surface area contributed by atoms with E-state index in [2.05, 4.69) is 5.10 Å². The van der Waals surface area contributed by atoms with Crippen LogP contribution in [-0.4, -0.2) is 24.9 Å². The highest BCUT2D eigenvalue weighted by atomic mass is 32.2. The standard InChI is InChI=1S/C11H8F3N3O3S/c1-17-6-8(7-4-2-3-5-9(7)15-17)10(18)16-21(19,20)11(12,13)14/h2-6H,1H3/p+1. The molecule has 0 spiro atoms. The molecule has 1 amide bonds. The van der Waals surface area contributed by atoms with Crippen LogP contribution in [0.3, 0.4) is 0 Å². The molecular weight excluding hydrogens is 311 g/mol. The summed E-state index contributed by atoms with van der Waals surface area (Å²) in [6.07, 6.45) is 1.14. The number of halogens is 3. The Bertz CT molecular complexity index is 818. The van der Waals surface area contributed by atoms with Crippen LogP contribution in [-0.2, 0) is 17.1 Å². The Morgan fingerprint density at radius 3 is 2.52 bits per heavy atom. The van der Waals surface area contributed by atoms with Gasteiger partial charge in [-0.1, -0.05) is 22.9 Å². The van der Waals surface area contributed by atoms with Gasteiger partial charge in [0.25, 0.3) is 5.91 Å². The number of carbonyl (C=O) groups is 1. The molecule has 2 rings (SSSR count). The summed E-state index contributed by atoms with van der Waals surface area (Å²) in [5, 5.41) is 4.27. The SMILES string of the molecule is C[n+]1cc(C(=O)NS(=O)(=O)C(F)(F)F)c2ccccc2n1. The van der Waals surface area contributed by atoms with Gasteiger partial charge < -0.3 is 0 Å². The molecule has 0 aliphatic carbocycles. The molecule has 0 unspecified atom stereocenters. The highest BCUT2D eigenvalue weighted by molar-refractivity contribution is 7.90. The van der Waals surface area contributed by atoms with E-state index in [1.807, 2.05) is 0 Å². The second kappa shape index (κ2) is 4.95. The van der Waals surface area contributed by atoms with E-state index in [4.69, 9.17) is 0 Å². The number of hydrogen-bond donors (Lipinski definition) is 1. The molecule has 21 heavy (non-hydrogen) atoms. The number of hydrogen-bond acceptors (Lipinski definition) is 4. The molecule has 6 nitrogen and oxygen atoms in total. The number of alkyl halides is 3. The third-order valence-electron chi connectivity index (χ3n) is 2.55. The van der Waals surface area contributed by atoms with Crippen molar-refractivity contribution in [2.45, 2.75) is 5.51 Å². The van der Waals surface area contributed by atoms with Gasteiger partial charge in [-0.15, -0.1) is 0 Å². The molecule has 1 heterocycles. The number of aromatic nitrogens is 2. The Labute approximate surface area is 117 Å². The van der Waals surface area contributed by atoms with E-state index in [0.717, 1.165) is 10.9 Å². The van der Waals surface area contributed by atoms with Crippen molar-refractivity contribution >= 4 is 26.8 Å². The van der Waals surface area contributed by atoms with Crippen molar-refractivity contribution in [2.75, 3.05) is 0 Å². The fraction of sp³-hybridized carbons (Fsp3) is 0.182. The monoisotopic (exact) mass is 320 g/mol. The molecule has 0 saturated carbocycles. The molecule has 0 atom stereocenters. The zero-order chi connectivity index (χ0) is 15.8. The lowest BCUT2D eigenvalue weighted by Gasteiger charge is -2.09. The van der Waals surface area contributed by atoms with Crippen LogP contribution in [0.2, 0.25) is 0 Å². The molecule has 0 aliphatic heterocycles. The van der Waals surface area contributed by atoms with Gasteiger partial charge in [0.05, 0.1) is 0 Å². The van der Waals surface area contributed by atoms with Crippen molar-refractivity contribution in [2.24, 2.45) is 7.05 Å². The van der Waals surface area contributed by atoms with Crippen molar-refractivity contribution in [3.05, 3.63) is 36.0 Å². The smallest absolute Gasteiger partial charge is 0.268 e. The van der Waals surface area contributed by atoms with E-state index >= 15 is 0 Å². The second-order valence-electron chi connectivity index (χ2n) is 4.11. The Hall–Kier alpha value is -2.23. The first-order valence-corrected chi connectivity index (χ1v) is 6.99. The first-order chi connectivity index (χ1) is 9.62. The van der Waals surface area contributed by atoms with Crippen LogP contribution >= 0.6 is 0 Å². The summed E-state index contributed by atoms with van der Waals surface area (Å²) in [5.74, 6) is -1.37. The number of nitrogens with zero attached hydrogens (tertiary/aromatic N) is 2. The molecule has 0 radical (unpaired) electrons. The van der Waals surface area contributed by atoms with Gasteiger partial charge in [0.15, 0.2) is 7.05 Å². The van der Waals surface area contributed by atoms with E-state index in [9.17, 15) is 26.4 Å². The van der Waals surface area contributed by atoms with Gasteiger partial charge in [-0.3, -0.25) is 4.79 Å². The van der Waals surface area contributed by atoms with E-state index in [0.29, 0.717) is 5.52 Å². The van der Waals surface area contributed by atoms with Gasteiger partial charge in [-0.25, -0.2) is 4.72 Å². The topological polar surface area (TPSA) is 80.0 Å². The average molecular weight is 320 g/mol. The predicted molar refractivity (Wildman–Crippen MR) is 65.4 cm³/mol. The zero-order valence-corrected chi connectivity index (χ0v) is 11.4. The summed E-state index contributed by atoms with van der Waals surface area (Å²) < 4.78 is 61.0. The van der Waals surface area contributed by atoms with Crippen LogP contribution in [0.5, 0.6) is 0 Å². The average Bonchev–Trinajstić information content (AvgIpc) is 2.35. The summed E-state index contributed by atoms with van der Waals surface area (Å²) in [5.41, 5.74) is -5.44. The summed E-state index contributed by atoms with van der Waals surface area (Å²) in [6, 6.07) is 6.18. The fourth-order valence-corrected chi connectivity index (χ4v) is 2.13. The molecule has 0 bridgehead atoms. The van der Waals surface area contributed by atoms with Gasteiger partial charge in [0, 0.05) is 5.39 Å². The number of nitrogens with one attached hydrogen (secondary N) is 1. The minimum Gasteiger partial charge on any atom is -0.268 e. The quantitative estimate of drug-likeness (QED) is 0.824. The van der Waals surface area contributed by atoms with Crippen LogP contribution in [0, 0.1) is 0 Å². The molecular formula is C11H9F3N3O3S+. The maximum absolute atomic E-state index is 12.3. The Morgan fingerprint density at radius 2 is 1.90 bits per heavy atom. The first-order valence-electron chi connectivity index (χ1n) is 5.51. The number of carbonyl (C=O) groups excluding carboxylic acids is 1. The third-order valence-corrected chi connectivity index (χ3v) is 3.62. The first kappa shape index (κ1) is 15.2. The summed E-state index contributed by atoms with van der Waals surface area (Å²) in [6.45, 7) is 0. The minimum atomic E-state index is -5.76. The van der Waals surface area contributed by atoms with Crippen molar-refractivity contribution in [3.8, 4) is 0 Å². The number of aryl methyl sites for hydroxylation is 1. The van der Waals surface area contributed by atoms with Crippen molar-refractivity contribution in [1.82, 2.24) is 9.82 Å². The molecule has 112 valence electrons. The number of amides is 1. The fourth-order valence-electron chi connectivity index (χ4n) is 1.66. The minimum absolute atomic E-state index is 0.226. The van der Waals surface area contributed by atoms with Crippen LogP contribution < -0.4 is 9.40 Å². The van der Waals surface area contributed by atoms with Gasteiger partial charge >= 0.3 is 15.5 Å². The van der Waals surface area contributed by atoms with E-state index < -0.39 is 21.4 Å². The Balaban J connectivity index is 2.50. The maximum Gasteiger partial charge on any atom is 0.516 e. The third kappa shape index (κ3) is 2.94. The van der Waals surface area contributed by atoms with Crippen molar-refractivity contribution in [1.29, 1.82) is 0 Å². The zero-order valence-electron chi connectivity index (χ0n) is 10.5. The maximum atomic E-state index is 12.3.